The first-order chi connectivity index (χ1) is 45.8. The summed E-state index contributed by atoms with van der Waals surface area (Å²) >= 11 is 0. The van der Waals surface area contributed by atoms with E-state index in [1.165, 1.54) is 55.1 Å². The maximum atomic E-state index is 15.0. The Morgan fingerprint density at radius 1 is 0.854 bits per heavy atom. The molecule has 5 aliphatic heterocycles. The lowest BCUT2D eigenvalue weighted by atomic mass is 9.67. The van der Waals surface area contributed by atoms with Crippen LogP contribution in [-0.2, 0) is 54.4 Å². The SMILES string of the molecule is CC(=O)O[C@@H]1[C@H](C)C/C=C/O[C@@]2(C)Oc3c(C)c(O)c4c(=O)c(c5oc6cc(N7CCN(C(=O)OCc8ccc(NC(=O)CNC(=O)C9(C(=O)NCCCCCN%10C(=O)C=CC%10=O)CCC9)cc8)CC7)cc(O)c6nc-5c4c3C2=O)NC(=O)/C(C)=C\C=C\[C@H](C)C[C@@H](C)C[C@H]1C. The second-order valence-electron chi connectivity index (χ2n) is 26.1. The van der Waals surface area contributed by atoms with Crippen LogP contribution < -0.4 is 36.3 Å². The number of carbonyl (C=O) groups is 9. The molecule has 6 atom stereocenters. The molecule has 3 aromatic rings. The van der Waals surface area contributed by atoms with Gasteiger partial charge >= 0.3 is 17.8 Å². The van der Waals surface area contributed by atoms with E-state index in [1.54, 1.807) is 55.5 Å². The molecule has 6 N–H and O–H groups in total. The van der Waals surface area contributed by atoms with Crippen LogP contribution in [0, 0.1) is 36.0 Å². The van der Waals surface area contributed by atoms with Crippen LogP contribution in [0.4, 0.5) is 21.9 Å². The summed E-state index contributed by atoms with van der Waals surface area (Å²) in [5.74, 6) is -7.05. The fourth-order valence-corrected chi connectivity index (χ4v) is 13.2. The zero-order valence-corrected chi connectivity index (χ0v) is 55.2. The number of piperazine rings is 1. The van der Waals surface area contributed by atoms with Gasteiger partial charge in [-0.2, -0.15) is 0 Å². The average molecular weight is 1320 g/mol. The number of allylic oxidation sites excluding steroid dienone is 4. The molecule has 1 saturated heterocycles. The van der Waals surface area contributed by atoms with Crippen LogP contribution in [0.25, 0.3) is 33.3 Å². The van der Waals surface area contributed by atoms with Crippen molar-refractivity contribution in [2.24, 2.45) is 29.1 Å². The summed E-state index contributed by atoms with van der Waals surface area (Å²) in [5.41, 5.74) is -1.22. The fraction of sp³-hybridized carbons (Fsp3) is 0.451. The van der Waals surface area contributed by atoms with Crippen LogP contribution in [0.15, 0.2) is 93.9 Å². The number of ether oxygens (including phenoxy) is 4. The Kier molecular flexibility index (Phi) is 20.7. The lowest BCUT2D eigenvalue weighted by Gasteiger charge is -2.38. The van der Waals surface area contributed by atoms with Crippen LogP contribution in [0.5, 0.6) is 17.2 Å². The summed E-state index contributed by atoms with van der Waals surface area (Å²) in [4.78, 5) is 142. The predicted octanol–water partition coefficient (Wildman–Crippen LogP) is 8.98. The van der Waals surface area contributed by atoms with Crippen LogP contribution in [0.3, 0.4) is 0 Å². The minimum Gasteiger partial charge on any atom is -0.507 e. The highest BCUT2D eigenvalue weighted by atomic mass is 16.7. The van der Waals surface area contributed by atoms with E-state index in [-0.39, 0.29) is 136 Å². The normalized spacial score (nSPS) is 23.4. The number of hydrogen-bond acceptors (Lipinski definition) is 19. The van der Waals surface area contributed by atoms with E-state index in [0.717, 1.165) is 12.8 Å². The van der Waals surface area contributed by atoms with Crippen LogP contribution in [-0.4, -0.2) is 136 Å². The minimum atomic E-state index is -2.02. The second kappa shape index (κ2) is 28.9. The highest BCUT2D eigenvalue weighted by Crippen LogP contribution is 2.51. The van der Waals surface area contributed by atoms with Gasteiger partial charge in [-0.3, -0.25) is 48.1 Å². The quantitative estimate of drug-likeness (QED) is 0.0142. The van der Waals surface area contributed by atoms with Gasteiger partial charge in [0.05, 0.1) is 23.8 Å². The number of fused-ring (bicyclic) bond motifs is 2. The molecule has 3 aromatic carbocycles. The number of benzene rings is 4. The van der Waals surface area contributed by atoms with Crippen molar-refractivity contribution in [3.8, 4) is 28.7 Å². The number of rotatable bonds is 15. The molecule has 0 spiro atoms. The van der Waals surface area contributed by atoms with E-state index in [1.807, 2.05) is 17.9 Å². The number of nitrogens with zero attached hydrogens (tertiary/aromatic N) is 4. The number of hydrogen-bond donors (Lipinski definition) is 6. The first-order valence-electron chi connectivity index (χ1n) is 32.7. The summed E-state index contributed by atoms with van der Waals surface area (Å²) < 4.78 is 30.5. The molecule has 25 heteroatoms. The van der Waals surface area contributed by atoms with Gasteiger partial charge in [0.15, 0.2) is 11.3 Å². The Morgan fingerprint density at radius 3 is 2.25 bits per heavy atom. The molecule has 10 rings (SSSR count). The maximum absolute atomic E-state index is 15.0. The number of amides is 7. The van der Waals surface area contributed by atoms with E-state index >= 15 is 4.79 Å². The van der Waals surface area contributed by atoms with E-state index in [4.69, 9.17) is 28.3 Å². The third-order valence-corrected chi connectivity index (χ3v) is 18.7. The molecule has 508 valence electrons. The highest BCUT2D eigenvalue weighted by Gasteiger charge is 2.52. The molecule has 2 fully saturated rings. The first-order valence-corrected chi connectivity index (χ1v) is 32.7. The Morgan fingerprint density at radius 2 is 1.56 bits per heavy atom. The molecular formula is C71H82N8O17. The molecule has 25 nitrogen and oxygen atoms in total. The monoisotopic (exact) mass is 1320 g/mol. The summed E-state index contributed by atoms with van der Waals surface area (Å²) in [5, 5.41) is 34.1. The third-order valence-electron chi connectivity index (χ3n) is 18.7. The maximum Gasteiger partial charge on any atom is 0.410 e. The van der Waals surface area contributed by atoms with Crippen molar-refractivity contribution in [3.63, 3.8) is 0 Å². The predicted molar refractivity (Wildman–Crippen MR) is 355 cm³/mol. The number of Topliss-reactive ketones (excluding diaryl/α,β-unsaturated/α-hetero) is 1. The number of nitrogens with one attached hydrogen (secondary N) is 4. The Balaban J connectivity index is 0.800. The van der Waals surface area contributed by atoms with Gasteiger partial charge in [-0.25, -0.2) is 9.78 Å². The molecule has 0 unspecified atom stereocenters. The number of imide groups is 1. The average Bonchev–Trinajstić information content (AvgIpc) is 1.37. The van der Waals surface area contributed by atoms with Crippen molar-refractivity contribution in [1.29, 1.82) is 0 Å². The zero-order valence-electron chi connectivity index (χ0n) is 55.2. The van der Waals surface area contributed by atoms with Crippen molar-refractivity contribution < 1.29 is 76.7 Å². The first kappa shape index (κ1) is 68.8. The van der Waals surface area contributed by atoms with Gasteiger partial charge in [-0.05, 0) is 113 Å². The summed E-state index contributed by atoms with van der Waals surface area (Å²) in [6, 6.07) is 9.65. The van der Waals surface area contributed by atoms with Gasteiger partial charge in [0, 0.05) is 105 Å². The smallest absolute Gasteiger partial charge is 0.410 e. The molecule has 1 saturated carbocycles. The molecule has 96 heavy (non-hydrogen) atoms. The summed E-state index contributed by atoms with van der Waals surface area (Å²) in [6.45, 7) is 15.2. The molecule has 0 radical (unpaired) electrons. The van der Waals surface area contributed by atoms with Gasteiger partial charge in [-0.1, -0.05) is 64.5 Å². The van der Waals surface area contributed by atoms with Gasteiger partial charge in [0.25, 0.3) is 23.5 Å². The number of carbonyl (C=O) groups excluding carboxylic acids is 9. The van der Waals surface area contributed by atoms with Crippen LogP contribution in [0.2, 0.25) is 0 Å². The van der Waals surface area contributed by atoms with E-state index < -0.39 is 75.6 Å². The largest absolute Gasteiger partial charge is 0.507 e. The van der Waals surface area contributed by atoms with E-state index in [0.29, 0.717) is 75.0 Å². The van der Waals surface area contributed by atoms with Crippen LogP contribution in [0.1, 0.15) is 128 Å². The van der Waals surface area contributed by atoms with E-state index in [9.17, 15) is 53.4 Å². The number of anilines is 3. The standard InChI is InChI=1S/C71H82N8O17/c1-39-15-12-16-42(4)66(88)76-59-61(86)55-54(56-63(44(6)60(55)85)96-70(8,65(56)87)93-32-13-17-41(3)62(94-45(7)80)43(5)34-40(2)33-39)58-64(59)95-50-36-48(35-49(81)57(50)75-58)77-28-30-78(31-29-77)69(91)92-38-46-18-20-47(21-19-46)74-51(82)37-73-68(90)71(24-14-25-71)67(89)72-26-10-9-11-27-79-52(83)22-23-53(79)84/h12-13,15-16,18-23,32,35-36,39-41,43,62,81,85H,9-11,14,17,24-31,33-34,37-38H2,1-8H3,(H,72,89)(H,73,90)(H,74,82)(H,76,88)/b15-12+,32-13+,42-16-/t39-,40+,41+,43+,62+,70-/m0/s1. The highest BCUT2D eigenvalue weighted by molar-refractivity contribution is 6.22. The Hall–Kier alpha value is -10.1. The van der Waals surface area contributed by atoms with Gasteiger partial charge < -0.3 is 64.6 Å². The van der Waals surface area contributed by atoms with Gasteiger partial charge in [-0.15, -0.1) is 0 Å². The Bertz CT molecular complexity index is 4070. The van der Waals surface area contributed by atoms with Crippen molar-refractivity contribution in [3.05, 3.63) is 112 Å². The Labute approximate surface area is 554 Å². The molecule has 4 bridgehead atoms. The molecule has 5 heterocycles. The minimum absolute atomic E-state index is 0.0000417. The van der Waals surface area contributed by atoms with Crippen molar-refractivity contribution in [2.75, 3.05) is 61.3 Å². The van der Waals surface area contributed by atoms with E-state index in [2.05, 4.69) is 42.0 Å². The van der Waals surface area contributed by atoms with Crippen molar-refractivity contribution >= 4 is 92.2 Å². The molecule has 7 amide bonds. The van der Waals surface area contributed by atoms with Gasteiger partial charge in [0.2, 0.25) is 23.2 Å². The lowest BCUT2D eigenvalue weighted by molar-refractivity contribution is -0.152. The number of phenolic OH excluding ortho intramolecular Hbond substituents is 2. The lowest BCUT2D eigenvalue weighted by Crippen LogP contribution is -2.56. The topological polar surface area (TPSA) is 332 Å². The second-order valence-corrected chi connectivity index (χ2v) is 26.1. The fourth-order valence-electron chi connectivity index (χ4n) is 13.2. The molecule has 0 aromatic heterocycles. The molecule has 2 aliphatic carbocycles. The summed E-state index contributed by atoms with van der Waals surface area (Å²) in [6.07, 6.45) is 15.1. The number of esters is 1. The molecular weight excluding hydrogens is 1240 g/mol. The number of unbranched alkanes of at least 4 members (excludes halogenated alkanes) is 2. The third kappa shape index (κ3) is 14.6. The van der Waals surface area contributed by atoms with Crippen molar-refractivity contribution in [2.45, 2.75) is 132 Å². The summed E-state index contributed by atoms with van der Waals surface area (Å²) in [7, 11) is 0. The zero-order chi connectivity index (χ0) is 68.9. The van der Waals surface area contributed by atoms with Gasteiger partial charge in [0.1, 0.15) is 52.3 Å². The number of ketones is 1. The number of phenols is 2. The van der Waals surface area contributed by atoms with Crippen molar-refractivity contribution in [1.82, 2.24) is 25.4 Å². The number of aromatic hydroxyl groups is 2. The molecule has 7 aliphatic rings. The number of aromatic nitrogens is 1. The van der Waals surface area contributed by atoms with Crippen LogP contribution >= 0.6 is 0 Å².